The fraction of sp³-hybridized carbons (Fsp3) is 0.786. The Morgan fingerprint density at radius 1 is 1.44 bits per heavy atom. The van der Waals surface area contributed by atoms with Gasteiger partial charge in [-0.1, -0.05) is 26.7 Å². The summed E-state index contributed by atoms with van der Waals surface area (Å²) in [4.78, 5) is 6.84. The van der Waals surface area contributed by atoms with Gasteiger partial charge in [-0.25, -0.2) is 4.98 Å². The van der Waals surface area contributed by atoms with Gasteiger partial charge in [-0.3, -0.25) is 4.90 Å². The van der Waals surface area contributed by atoms with Gasteiger partial charge in [0.05, 0.1) is 16.3 Å². The third kappa shape index (κ3) is 3.53. The van der Waals surface area contributed by atoms with Gasteiger partial charge in [0.15, 0.2) is 0 Å². The maximum absolute atomic E-state index is 10.4. The summed E-state index contributed by atoms with van der Waals surface area (Å²) in [7, 11) is 2.07. The van der Waals surface area contributed by atoms with Crippen LogP contribution in [0.25, 0.3) is 0 Å². The van der Waals surface area contributed by atoms with E-state index in [1.165, 1.54) is 17.8 Å². The van der Waals surface area contributed by atoms with Crippen LogP contribution in [-0.4, -0.2) is 34.2 Å². The Balaban J connectivity index is 1.88. The first-order valence-corrected chi connectivity index (χ1v) is 7.72. The highest BCUT2D eigenvalue weighted by Crippen LogP contribution is 2.30. The molecule has 1 saturated carbocycles. The zero-order chi connectivity index (χ0) is 13.2. The molecule has 4 heteroatoms. The minimum Gasteiger partial charge on any atom is -0.389 e. The van der Waals surface area contributed by atoms with Gasteiger partial charge in [-0.15, -0.1) is 11.3 Å². The number of aromatic nitrogens is 1. The zero-order valence-electron chi connectivity index (χ0n) is 11.6. The molecule has 0 amide bonds. The third-order valence-corrected chi connectivity index (χ3v) is 4.79. The number of aliphatic hydroxyl groups is 1. The molecule has 0 unspecified atom stereocenters. The number of likely N-dealkylation sites (N-methyl/N-ethyl adjacent to an activating group) is 1. The molecule has 1 N–H and O–H groups in total. The SMILES string of the molecule is CC(C)c1nc(CN(C)CC2(O)CCCC2)cs1. The minimum atomic E-state index is -0.453. The number of thiazole rings is 1. The van der Waals surface area contributed by atoms with E-state index in [1.807, 2.05) is 0 Å². The average molecular weight is 268 g/mol. The van der Waals surface area contributed by atoms with E-state index in [4.69, 9.17) is 0 Å². The maximum atomic E-state index is 10.4. The second-order valence-corrected chi connectivity index (χ2v) is 6.83. The number of nitrogens with zero attached hydrogens (tertiary/aromatic N) is 2. The summed E-state index contributed by atoms with van der Waals surface area (Å²) in [5, 5.41) is 13.7. The van der Waals surface area contributed by atoms with Crippen molar-refractivity contribution in [2.45, 2.75) is 57.6 Å². The molecule has 0 spiro atoms. The molecule has 0 aliphatic heterocycles. The monoisotopic (exact) mass is 268 g/mol. The summed E-state index contributed by atoms with van der Waals surface area (Å²) >= 11 is 1.74. The van der Waals surface area contributed by atoms with E-state index in [9.17, 15) is 5.11 Å². The molecule has 0 aromatic carbocycles. The van der Waals surface area contributed by atoms with Crippen LogP contribution in [0, 0.1) is 0 Å². The molecule has 0 bridgehead atoms. The highest BCUT2D eigenvalue weighted by Gasteiger charge is 2.32. The van der Waals surface area contributed by atoms with Crippen molar-refractivity contribution >= 4 is 11.3 Å². The molecule has 1 aliphatic rings. The standard InChI is InChI=1S/C14H24N2OS/c1-11(2)13-15-12(9-18-13)8-16(3)10-14(17)6-4-5-7-14/h9,11,17H,4-8,10H2,1-3H3. The van der Waals surface area contributed by atoms with Crippen LogP contribution in [0.2, 0.25) is 0 Å². The third-order valence-electron chi connectivity index (χ3n) is 3.59. The lowest BCUT2D eigenvalue weighted by atomic mass is 10.0. The lowest BCUT2D eigenvalue weighted by molar-refractivity contribution is 0.0143. The van der Waals surface area contributed by atoms with Crippen LogP contribution < -0.4 is 0 Å². The molecule has 18 heavy (non-hydrogen) atoms. The van der Waals surface area contributed by atoms with Crippen LogP contribution in [0.3, 0.4) is 0 Å². The van der Waals surface area contributed by atoms with Crippen LogP contribution in [-0.2, 0) is 6.54 Å². The Hall–Kier alpha value is -0.450. The fourth-order valence-electron chi connectivity index (χ4n) is 2.69. The largest absolute Gasteiger partial charge is 0.389 e. The number of rotatable bonds is 5. The summed E-state index contributed by atoms with van der Waals surface area (Å²) < 4.78 is 0. The van der Waals surface area contributed by atoms with E-state index in [2.05, 4.69) is 36.2 Å². The smallest absolute Gasteiger partial charge is 0.0954 e. The Bertz CT molecular complexity index is 383. The van der Waals surface area contributed by atoms with Gasteiger partial charge in [0, 0.05) is 24.4 Å². The van der Waals surface area contributed by atoms with Crippen LogP contribution in [0.1, 0.15) is 56.2 Å². The van der Waals surface area contributed by atoms with Crippen molar-refractivity contribution in [2.24, 2.45) is 0 Å². The van der Waals surface area contributed by atoms with Crippen molar-refractivity contribution in [3.63, 3.8) is 0 Å². The Labute approximate surface area is 114 Å². The molecule has 1 aromatic rings. The Morgan fingerprint density at radius 2 is 2.11 bits per heavy atom. The molecule has 1 aliphatic carbocycles. The van der Waals surface area contributed by atoms with Gasteiger partial charge in [-0.2, -0.15) is 0 Å². The molecule has 1 aromatic heterocycles. The molecule has 1 heterocycles. The summed E-state index contributed by atoms with van der Waals surface area (Å²) in [6.07, 6.45) is 4.23. The molecule has 0 saturated heterocycles. The minimum absolute atomic E-state index is 0.453. The van der Waals surface area contributed by atoms with Gasteiger partial charge < -0.3 is 5.11 Å². The molecular weight excluding hydrogens is 244 g/mol. The molecule has 1 fully saturated rings. The molecule has 3 nitrogen and oxygen atoms in total. The predicted octanol–water partition coefficient (Wildman–Crippen LogP) is 3.00. The Morgan fingerprint density at radius 3 is 2.67 bits per heavy atom. The summed E-state index contributed by atoms with van der Waals surface area (Å²) in [6, 6.07) is 0. The predicted molar refractivity (Wildman–Crippen MR) is 76.0 cm³/mol. The molecule has 2 rings (SSSR count). The van der Waals surface area contributed by atoms with Crippen LogP contribution in [0.4, 0.5) is 0 Å². The van der Waals surface area contributed by atoms with E-state index in [1.54, 1.807) is 11.3 Å². The molecule has 102 valence electrons. The topological polar surface area (TPSA) is 36.4 Å². The number of hydrogen-bond acceptors (Lipinski definition) is 4. The van der Waals surface area contributed by atoms with Crippen molar-refractivity contribution in [3.05, 3.63) is 16.1 Å². The lowest BCUT2D eigenvalue weighted by Crippen LogP contribution is -2.38. The quantitative estimate of drug-likeness (QED) is 0.892. The van der Waals surface area contributed by atoms with Gasteiger partial charge in [0.25, 0.3) is 0 Å². The Kier molecular flexibility index (Phi) is 4.41. The summed E-state index contributed by atoms with van der Waals surface area (Å²) in [5.74, 6) is 0.507. The van der Waals surface area contributed by atoms with Gasteiger partial charge in [0.2, 0.25) is 0 Å². The van der Waals surface area contributed by atoms with Crippen molar-refractivity contribution in [2.75, 3.05) is 13.6 Å². The fourth-order valence-corrected chi connectivity index (χ4v) is 3.51. The van der Waals surface area contributed by atoms with Crippen LogP contribution in [0.5, 0.6) is 0 Å². The second-order valence-electron chi connectivity index (χ2n) is 5.94. The first kappa shape index (κ1) is 14.0. The van der Waals surface area contributed by atoms with E-state index in [0.717, 1.165) is 31.6 Å². The van der Waals surface area contributed by atoms with Gasteiger partial charge in [-0.05, 0) is 19.9 Å². The molecule has 0 radical (unpaired) electrons. The van der Waals surface area contributed by atoms with Gasteiger partial charge in [0.1, 0.15) is 0 Å². The van der Waals surface area contributed by atoms with Crippen molar-refractivity contribution < 1.29 is 5.11 Å². The maximum Gasteiger partial charge on any atom is 0.0954 e. The van der Waals surface area contributed by atoms with Crippen LogP contribution >= 0.6 is 11.3 Å². The first-order chi connectivity index (χ1) is 8.48. The summed E-state index contributed by atoms with van der Waals surface area (Å²) in [6.45, 7) is 5.95. The first-order valence-electron chi connectivity index (χ1n) is 6.84. The highest BCUT2D eigenvalue weighted by molar-refractivity contribution is 7.09. The average Bonchev–Trinajstić information content (AvgIpc) is 2.87. The zero-order valence-corrected chi connectivity index (χ0v) is 12.5. The van der Waals surface area contributed by atoms with Crippen molar-refractivity contribution in [1.82, 2.24) is 9.88 Å². The number of hydrogen-bond donors (Lipinski definition) is 1. The van der Waals surface area contributed by atoms with Gasteiger partial charge >= 0.3 is 0 Å². The molecule has 0 atom stereocenters. The highest BCUT2D eigenvalue weighted by atomic mass is 32.1. The van der Waals surface area contributed by atoms with E-state index < -0.39 is 5.60 Å². The van der Waals surface area contributed by atoms with Crippen molar-refractivity contribution in [1.29, 1.82) is 0 Å². The lowest BCUT2D eigenvalue weighted by Gasteiger charge is -2.28. The van der Waals surface area contributed by atoms with E-state index >= 15 is 0 Å². The van der Waals surface area contributed by atoms with E-state index in [0.29, 0.717) is 5.92 Å². The van der Waals surface area contributed by atoms with E-state index in [-0.39, 0.29) is 0 Å². The van der Waals surface area contributed by atoms with Crippen LogP contribution in [0.15, 0.2) is 5.38 Å². The normalized spacial score (nSPS) is 19.0. The second kappa shape index (κ2) is 5.68. The molecular formula is C14H24N2OS. The van der Waals surface area contributed by atoms with Crippen molar-refractivity contribution in [3.8, 4) is 0 Å². The summed E-state index contributed by atoms with van der Waals surface area (Å²) in [5.41, 5.74) is 0.679.